The summed E-state index contributed by atoms with van der Waals surface area (Å²) >= 11 is 1.34. The molecule has 3 rings (SSSR count). The highest BCUT2D eigenvalue weighted by atomic mass is 32.1. The van der Waals surface area contributed by atoms with E-state index in [-0.39, 0.29) is 11.8 Å². The molecule has 1 aromatic carbocycles. The maximum atomic E-state index is 12.6. The van der Waals surface area contributed by atoms with Crippen LogP contribution < -0.4 is 5.32 Å². The Morgan fingerprint density at radius 2 is 2.00 bits per heavy atom. The molecule has 24 heavy (non-hydrogen) atoms. The van der Waals surface area contributed by atoms with Crippen LogP contribution in [0.4, 0.5) is 9.93 Å². The van der Waals surface area contributed by atoms with E-state index in [9.17, 15) is 9.59 Å². The van der Waals surface area contributed by atoms with Crippen molar-refractivity contribution >= 4 is 28.3 Å². The van der Waals surface area contributed by atoms with E-state index in [4.69, 9.17) is 5.11 Å². The quantitative estimate of drug-likeness (QED) is 0.831. The van der Waals surface area contributed by atoms with Crippen molar-refractivity contribution in [1.29, 1.82) is 0 Å². The predicted octanol–water partition coefficient (Wildman–Crippen LogP) is 3.24. The zero-order valence-corrected chi connectivity index (χ0v) is 14.2. The SMILES string of the molecule is Cc1ccccc1C(=O)c1cnc(NC2CCN(C(=O)O)CC2)s1. The topological polar surface area (TPSA) is 82.5 Å². The van der Waals surface area contributed by atoms with E-state index < -0.39 is 6.09 Å². The number of hydrogen-bond acceptors (Lipinski definition) is 5. The summed E-state index contributed by atoms with van der Waals surface area (Å²) < 4.78 is 0. The standard InChI is InChI=1S/C17H19N3O3S/c1-11-4-2-3-5-13(11)15(21)14-10-18-16(24-14)19-12-6-8-20(9-7-12)17(22)23/h2-5,10,12H,6-9H2,1H3,(H,18,19)(H,22,23). The Bertz CT molecular complexity index is 751. The van der Waals surface area contributed by atoms with Crippen LogP contribution in [-0.4, -0.2) is 46.0 Å². The summed E-state index contributed by atoms with van der Waals surface area (Å²) in [4.78, 5) is 29.8. The minimum absolute atomic E-state index is 0.0145. The van der Waals surface area contributed by atoms with Gasteiger partial charge in [-0.3, -0.25) is 4.79 Å². The number of ketones is 1. The molecule has 0 bridgehead atoms. The molecule has 2 heterocycles. The Morgan fingerprint density at radius 1 is 1.29 bits per heavy atom. The van der Waals surface area contributed by atoms with E-state index >= 15 is 0 Å². The fraction of sp³-hybridized carbons (Fsp3) is 0.353. The van der Waals surface area contributed by atoms with Gasteiger partial charge in [0.1, 0.15) is 0 Å². The molecule has 1 amide bonds. The molecule has 1 aromatic heterocycles. The van der Waals surface area contributed by atoms with Crippen molar-refractivity contribution in [2.75, 3.05) is 18.4 Å². The van der Waals surface area contributed by atoms with Crippen LogP contribution in [0.15, 0.2) is 30.5 Å². The number of carbonyl (C=O) groups excluding carboxylic acids is 1. The van der Waals surface area contributed by atoms with Gasteiger partial charge in [0.05, 0.1) is 11.1 Å². The monoisotopic (exact) mass is 345 g/mol. The first-order chi connectivity index (χ1) is 11.5. The molecule has 0 aliphatic carbocycles. The molecule has 6 nitrogen and oxygen atoms in total. The first-order valence-electron chi connectivity index (χ1n) is 7.85. The number of carboxylic acid groups (broad SMARTS) is 1. The summed E-state index contributed by atoms with van der Waals surface area (Å²) in [5.74, 6) is -0.0145. The van der Waals surface area contributed by atoms with Gasteiger partial charge in [-0.15, -0.1) is 0 Å². The third-order valence-electron chi connectivity index (χ3n) is 4.21. The molecular formula is C17H19N3O3S. The van der Waals surface area contributed by atoms with E-state index in [0.29, 0.717) is 28.7 Å². The Hall–Kier alpha value is -2.41. The minimum Gasteiger partial charge on any atom is -0.465 e. The number of piperidine rings is 1. The van der Waals surface area contributed by atoms with Crippen molar-refractivity contribution in [2.45, 2.75) is 25.8 Å². The van der Waals surface area contributed by atoms with Gasteiger partial charge in [-0.05, 0) is 25.3 Å². The van der Waals surface area contributed by atoms with E-state index in [1.54, 1.807) is 6.20 Å². The van der Waals surface area contributed by atoms with Gasteiger partial charge in [0, 0.05) is 24.7 Å². The van der Waals surface area contributed by atoms with Gasteiger partial charge in [-0.1, -0.05) is 35.6 Å². The average Bonchev–Trinajstić information content (AvgIpc) is 3.04. The van der Waals surface area contributed by atoms with Crippen molar-refractivity contribution in [1.82, 2.24) is 9.88 Å². The smallest absolute Gasteiger partial charge is 0.407 e. The van der Waals surface area contributed by atoms with Crippen molar-refractivity contribution in [3.05, 3.63) is 46.5 Å². The number of carbonyl (C=O) groups is 2. The van der Waals surface area contributed by atoms with E-state index in [1.165, 1.54) is 16.2 Å². The molecule has 0 unspecified atom stereocenters. The van der Waals surface area contributed by atoms with Gasteiger partial charge < -0.3 is 15.3 Å². The lowest BCUT2D eigenvalue weighted by atomic mass is 10.0. The maximum absolute atomic E-state index is 12.6. The number of anilines is 1. The number of rotatable bonds is 4. The van der Waals surface area contributed by atoms with Crippen LogP contribution in [0.3, 0.4) is 0 Å². The summed E-state index contributed by atoms with van der Waals surface area (Å²) in [5.41, 5.74) is 1.65. The fourth-order valence-electron chi connectivity index (χ4n) is 2.80. The average molecular weight is 345 g/mol. The third-order valence-corrected chi connectivity index (χ3v) is 5.14. The number of amides is 1. The second-order valence-electron chi connectivity index (χ2n) is 5.86. The number of nitrogens with zero attached hydrogens (tertiary/aromatic N) is 2. The summed E-state index contributed by atoms with van der Waals surface area (Å²) in [6.45, 7) is 2.96. The Morgan fingerprint density at radius 3 is 2.67 bits per heavy atom. The Balaban J connectivity index is 1.63. The molecule has 7 heteroatoms. The number of aromatic nitrogens is 1. The molecule has 0 radical (unpaired) electrons. The summed E-state index contributed by atoms with van der Waals surface area (Å²) in [7, 11) is 0. The van der Waals surface area contributed by atoms with Crippen LogP contribution in [0.5, 0.6) is 0 Å². The molecule has 2 aromatic rings. The summed E-state index contributed by atoms with van der Waals surface area (Å²) in [6, 6.07) is 7.70. The van der Waals surface area contributed by atoms with Crippen molar-refractivity contribution in [3.8, 4) is 0 Å². The molecule has 0 atom stereocenters. The minimum atomic E-state index is -0.867. The fourth-order valence-corrected chi connectivity index (χ4v) is 3.64. The third kappa shape index (κ3) is 3.56. The summed E-state index contributed by atoms with van der Waals surface area (Å²) in [5, 5.41) is 13.0. The zero-order valence-electron chi connectivity index (χ0n) is 13.4. The van der Waals surface area contributed by atoms with Crippen LogP contribution in [0.1, 0.15) is 33.6 Å². The van der Waals surface area contributed by atoms with Gasteiger partial charge in [0.15, 0.2) is 5.13 Å². The Labute approximate surface area is 144 Å². The zero-order chi connectivity index (χ0) is 17.1. The van der Waals surface area contributed by atoms with Gasteiger partial charge in [-0.25, -0.2) is 9.78 Å². The van der Waals surface area contributed by atoms with Crippen molar-refractivity contribution < 1.29 is 14.7 Å². The number of nitrogens with one attached hydrogen (secondary N) is 1. The Kier molecular flexibility index (Phi) is 4.80. The normalized spacial score (nSPS) is 15.3. The highest BCUT2D eigenvalue weighted by molar-refractivity contribution is 7.17. The lowest BCUT2D eigenvalue weighted by Gasteiger charge is -2.30. The maximum Gasteiger partial charge on any atom is 0.407 e. The second-order valence-corrected chi connectivity index (χ2v) is 6.89. The van der Waals surface area contributed by atoms with E-state index in [1.807, 2.05) is 31.2 Å². The number of thiazole rings is 1. The van der Waals surface area contributed by atoms with Crippen LogP contribution >= 0.6 is 11.3 Å². The van der Waals surface area contributed by atoms with Gasteiger partial charge in [0.25, 0.3) is 0 Å². The number of likely N-dealkylation sites (tertiary alicyclic amines) is 1. The summed E-state index contributed by atoms with van der Waals surface area (Å²) in [6.07, 6.45) is 2.22. The lowest BCUT2D eigenvalue weighted by molar-refractivity contribution is 0.104. The van der Waals surface area contributed by atoms with Gasteiger partial charge in [0.2, 0.25) is 5.78 Å². The predicted molar refractivity (Wildman–Crippen MR) is 93.0 cm³/mol. The molecule has 1 saturated heterocycles. The molecule has 126 valence electrons. The van der Waals surface area contributed by atoms with Crippen LogP contribution in [0, 0.1) is 6.92 Å². The van der Waals surface area contributed by atoms with Gasteiger partial charge >= 0.3 is 6.09 Å². The molecular weight excluding hydrogens is 326 g/mol. The number of aryl methyl sites for hydroxylation is 1. The van der Waals surface area contributed by atoms with E-state index in [2.05, 4.69) is 10.3 Å². The van der Waals surface area contributed by atoms with Crippen molar-refractivity contribution in [2.24, 2.45) is 0 Å². The van der Waals surface area contributed by atoms with Crippen molar-refractivity contribution in [3.63, 3.8) is 0 Å². The first kappa shape index (κ1) is 16.4. The molecule has 1 aliphatic rings. The van der Waals surface area contributed by atoms with E-state index in [0.717, 1.165) is 18.4 Å². The number of hydrogen-bond donors (Lipinski definition) is 2. The largest absolute Gasteiger partial charge is 0.465 e. The lowest BCUT2D eigenvalue weighted by Crippen LogP contribution is -2.41. The van der Waals surface area contributed by atoms with Crippen LogP contribution in [0.25, 0.3) is 0 Å². The van der Waals surface area contributed by atoms with Crippen LogP contribution in [0.2, 0.25) is 0 Å². The van der Waals surface area contributed by atoms with Crippen LogP contribution in [-0.2, 0) is 0 Å². The number of benzene rings is 1. The highest BCUT2D eigenvalue weighted by Gasteiger charge is 2.23. The molecule has 2 N–H and O–H groups in total. The molecule has 0 spiro atoms. The molecule has 1 aliphatic heterocycles. The molecule has 1 fully saturated rings. The molecule has 0 saturated carbocycles. The highest BCUT2D eigenvalue weighted by Crippen LogP contribution is 2.25. The van der Waals surface area contributed by atoms with Gasteiger partial charge in [-0.2, -0.15) is 0 Å². The first-order valence-corrected chi connectivity index (χ1v) is 8.67. The second kappa shape index (κ2) is 7.00.